The fourth-order valence-electron chi connectivity index (χ4n) is 2.99. The first-order valence-electron chi connectivity index (χ1n) is 6.77. The molecule has 1 N–H and O–H groups in total. The zero-order valence-corrected chi connectivity index (χ0v) is 10.3. The van der Waals surface area contributed by atoms with E-state index in [4.69, 9.17) is 4.74 Å². The number of hydrogen-bond acceptors (Lipinski definition) is 3. The Kier molecular flexibility index (Phi) is 3.43. The molecule has 94 valence electrons. The Bertz CT molecular complexity index is 319. The second-order valence-corrected chi connectivity index (χ2v) is 5.09. The molecule has 0 amide bonds. The number of ether oxygens (including phenoxy) is 1. The molecule has 3 rings (SSSR count). The highest BCUT2D eigenvalue weighted by Gasteiger charge is 2.23. The van der Waals surface area contributed by atoms with E-state index in [9.17, 15) is 0 Å². The normalized spacial score (nSPS) is 27.2. The van der Waals surface area contributed by atoms with Crippen molar-refractivity contribution in [2.24, 2.45) is 0 Å². The topological polar surface area (TPSA) is 39.1 Å². The van der Waals surface area contributed by atoms with Gasteiger partial charge < -0.3 is 10.1 Å². The summed E-state index contributed by atoms with van der Waals surface area (Å²) in [6.07, 6.45) is 6.74. The van der Waals surface area contributed by atoms with Crippen molar-refractivity contribution in [2.45, 2.75) is 37.6 Å². The van der Waals surface area contributed by atoms with Crippen molar-refractivity contribution in [3.63, 3.8) is 0 Å². The number of nitrogens with one attached hydrogen (secondary N) is 1. The molecule has 1 aromatic rings. The second kappa shape index (κ2) is 5.19. The summed E-state index contributed by atoms with van der Waals surface area (Å²) in [6.45, 7) is 4.04. The number of aromatic nitrogens is 2. The van der Waals surface area contributed by atoms with E-state index in [0.717, 1.165) is 32.6 Å². The van der Waals surface area contributed by atoms with Gasteiger partial charge in [-0.3, -0.25) is 4.68 Å². The van der Waals surface area contributed by atoms with Crippen LogP contribution in [0.2, 0.25) is 0 Å². The highest BCUT2D eigenvalue weighted by atomic mass is 16.5. The Morgan fingerprint density at radius 3 is 2.94 bits per heavy atom. The molecule has 0 saturated carbocycles. The summed E-state index contributed by atoms with van der Waals surface area (Å²) >= 11 is 0. The van der Waals surface area contributed by atoms with Gasteiger partial charge in [0.1, 0.15) is 0 Å². The quantitative estimate of drug-likeness (QED) is 0.848. The van der Waals surface area contributed by atoms with Gasteiger partial charge in [0.15, 0.2) is 0 Å². The lowest BCUT2D eigenvalue weighted by Gasteiger charge is -2.28. The largest absolute Gasteiger partial charge is 0.381 e. The fraction of sp³-hybridized carbons (Fsp3) is 0.769. The van der Waals surface area contributed by atoms with Gasteiger partial charge >= 0.3 is 0 Å². The molecule has 0 aliphatic carbocycles. The Balaban J connectivity index is 1.77. The Labute approximate surface area is 102 Å². The van der Waals surface area contributed by atoms with E-state index in [1.807, 2.05) is 6.20 Å². The van der Waals surface area contributed by atoms with Gasteiger partial charge in [-0.25, -0.2) is 0 Å². The predicted molar refractivity (Wildman–Crippen MR) is 66.2 cm³/mol. The molecule has 17 heavy (non-hydrogen) atoms. The van der Waals surface area contributed by atoms with E-state index in [1.165, 1.54) is 25.1 Å². The van der Waals surface area contributed by atoms with Crippen molar-refractivity contribution in [3.8, 4) is 0 Å². The molecule has 0 bridgehead atoms. The van der Waals surface area contributed by atoms with Crippen LogP contribution in [-0.4, -0.2) is 36.1 Å². The summed E-state index contributed by atoms with van der Waals surface area (Å²) in [6, 6.07) is 2.75. The van der Waals surface area contributed by atoms with Crippen molar-refractivity contribution in [3.05, 3.63) is 18.0 Å². The molecule has 1 atom stereocenters. The lowest BCUT2D eigenvalue weighted by Crippen LogP contribution is -2.31. The maximum absolute atomic E-state index is 5.43. The SMILES string of the molecule is c1cc(C2CCCNC2)n(C2CCOCC2)n1. The number of nitrogens with zero attached hydrogens (tertiary/aromatic N) is 2. The van der Waals surface area contributed by atoms with Crippen LogP contribution in [0.5, 0.6) is 0 Å². The second-order valence-electron chi connectivity index (χ2n) is 5.09. The molecule has 1 unspecified atom stereocenters. The summed E-state index contributed by atoms with van der Waals surface area (Å²) in [5.74, 6) is 0.647. The smallest absolute Gasteiger partial charge is 0.0566 e. The maximum Gasteiger partial charge on any atom is 0.0566 e. The van der Waals surface area contributed by atoms with Crippen LogP contribution in [0.4, 0.5) is 0 Å². The summed E-state index contributed by atoms with van der Waals surface area (Å²) in [4.78, 5) is 0. The average molecular weight is 235 g/mol. The van der Waals surface area contributed by atoms with Crippen molar-refractivity contribution in [2.75, 3.05) is 26.3 Å². The van der Waals surface area contributed by atoms with Gasteiger partial charge in [0.05, 0.1) is 6.04 Å². The van der Waals surface area contributed by atoms with Crippen LogP contribution >= 0.6 is 0 Å². The Hall–Kier alpha value is -0.870. The summed E-state index contributed by atoms with van der Waals surface area (Å²) in [5, 5.41) is 8.04. The molecule has 2 saturated heterocycles. The zero-order chi connectivity index (χ0) is 11.5. The van der Waals surface area contributed by atoms with E-state index in [2.05, 4.69) is 21.2 Å². The average Bonchev–Trinajstić information content (AvgIpc) is 2.90. The first-order chi connectivity index (χ1) is 8.45. The zero-order valence-electron chi connectivity index (χ0n) is 10.3. The van der Waals surface area contributed by atoms with Crippen molar-refractivity contribution in [1.82, 2.24) is 15.1 Å². The molecule has 0 aromatic carbocycles. The van der Waals surface area contributed by atoms with E-state index in [1.54, 1.807) is 0 Å². The lowest BCUT2D eigenvalue weighted by molar-refractivity contribution is 0.0649. The summed E-state index contributed by atoms with van der Waals surface area (Å²) in [5.41, 5.74) is 1.42. The Morgan fingerprint density at radius 2 is 2.18 bits per heavy atom. The van der Waals surface area contributed by atoms with Gasteiger partial charge in [0, 0.05) is 37.6 Å². The fourth-order valence-corrected chi connectivity index (χ4v) is 2.99. The molecule has 0 spiro atoms. The summed E-state index contributed by atoms with van der Waals surface area (Å²) < 4.78 is 7.69. The number of piperidine rings is 1. The third-order valence-electron chi connectivity index (χ3n) is 3.95. The van der Waals surface area contributed by atoms with Gasteiger partial charge in [-0.05, 0) is 38.3 Å². The van der Waals surface area contributed by atoms with Crippen molar-refractivity contribution in [1.29, 1.82) is 0 Å². The molecule has 2 fully saturated rings. The van der Waals surface area contributed by atoms with E-state index in [0.29, 0.717) is 12.0 Å². The maximum atomic E-state index is 5.43. The van der Waals surface area contributed by atoms with Crippen LogP contribution in [0.1, 0.15) is 43.3 Å². The monoisotopic (exact) mass is 235 g/mol. The standard InChI is InChI=1S/C13H21N3O/c1-2-11(10-14-6-1)13-3-7-15-16(13)12-4-8-17-9-5-12/h3,7,11-12,14H,1-2,4-6,8-10H2. The highest BCUT2D eigenvalue weighted by Crippen LogP contribution is 2.28. The van der Waals surface area contributed by atoms with Gasteiger partial charge in [0.2, 0.25) is 0 Å². The first-order valence-corrected chi connectivity index (χ1v) is 6.77. The molecule has 4 nitrogen and oxygen atoms in total. The predicted octanol–water partition coefficient (Wildman–Crippen LogP) is 1.70. The molecule has 2 aliphatic heterocycles. The Morgan fingerprint density at radius 1 is 1.29 bits per heavy atom. The third-order valence-corrected chi connectivity index (χ3v) is 3.95. The van der Waals surface area contributed by atoms with Crippen LogP contribution < -0.4 is 5.32 Å². The minimum absolute atomic E-state index is 0.552. The van der Waals surface area contributed by atoms with Crippen LogP contribution in [-0.2, 0) is 4.74 Å². The molecule has 4 heteroatoms. The van der Waals surface area contributed by atoms with Crippen LogP contribution in [0.3, 0.4) is 0 Å². The van der Waals surface area contributed by atoms with Crippen LogP contribution in [0, 0.1) is 0 Å². The van der Waals surface area contributed by atoms with Gasteiger partial charge in [-0.1, -0.05) is 0 Å². The molecule has 3 heterocycles. The number of hydrogen-bond donors (Lipinski definition) is 1. The lowest BCUT2D eigenvalue weighted by atomic mass is 9.95. The first kappa shape index (κ1) is 11.2. The third kappa shape index (κ3) is 2.38. The minimum atomic E-state index is 0.552. The molecule has 2 aliphatic rings. The van der Waals surface area contributed by atoms with E-state index in [-0.39, 0.29) is 0 Å². The minimum Gasteiger partial charge on any atom is -0.381 e. The number of rotatable bonds is 2. The summed E-state index contributed by atoms with van der Waals surface area (Å²) in [7, 11) is 0. The van der Waals surface area contributed by atoms with Gasteiger partial charge in [-0.2, -0.15) is 5.10 Å². The van der Waals surface area contributed by atoms with Gasteiger partial charge in [0.25, 0.3) is 0 Å². The molecule has 0 radical (unpaired) electrons. The van der Waals surface area contributed by atoms with Crippen LogP contribution in [0.15, 0.2) is 12.3 Å². The molecule has 1 aromatic heterocycles. The van der Waals surface area contributed by atoms with Crippen molar-refractivity contribution >= 4 is 0 Å². The van der Waals surface area contributed by atoms with E-state index < -0.39 is 0 Å². The molecular formula is C13H21N3O. The van der Waals surface area contributed by atoms with Crippen molar-refractivity contribution < 1.29 is 4.74 Å². The van der Waals surface area contributed by atoms with E-state index >= 15 is 0 Å². The molecular weight excluding hydrogens is 214 g/mol. The highest BCUT2D eigenvalue weighted by molar-refractivity contribution is 5.11. The van der Waals surface area contributed by atoms with Gasteiger partial charge in [-0.15, -0.1) is 0 Å². The van der Waals surface area contributed by atoms with Crippen LogP contribution in [0.25, 0.3) is 0 Å².